The molecule has 0 atom stereocenters. The van der Waals surface area contributed by atoms with E-state index in [0.29, 0.717) is 40.1 Å². The van der Waals surface area contributed by atoms with Crippen molar-refractivity contribution in [3.63, 3.8) is 0 Å². The number of rotatable bonds is 13. The van der Waals surface area contributed by atoms with E-state index < -0.39 is 11.8 Å². The molecule has 3 amide bonds. The normalized spacial score (nSPS) is 11.1. The number of fused-ring (bicyclic) bond motifs is 1. The smallest absolute Gasteiger partial charge is 0.272 e. The number of carbonyl (C=O) groups is 3. The molecule has 1 aromatic heterocycles. The first-order valence-electron chi connectivity index (χ1n) is 14.5. The van der Waals surface area contributed by atoms with E-state index in [1.54, 1.807) is 72.8 Å². The van der Waals surface area contributed by atoms with Crippen LogP contribution in [0.15, 0.2) is 102 Å². The number of aromatic nitrogens is 1. The Balaban J connectivity index is 1.24. The van der Waals surface area contributed by atoms with E-state index in [0.717, 1.165) is 20.9 Å². The number of hydrogen-bond acceptors (Lipinski definition) is 9. The van der Waals surface area contributed by atoms with Crippen molar-refractivity contribution < 1.29 is 28.6 Å². The fourth-order valence-electron chi connectivity index (χ4n) is 4.48. The van der Waals surface area contributed by atoms with Crippen LogP contribution in [0.4, 0.5) is 10.8 Å². The summed E-state index contributed by atoms with van der Waals surface area (Å²) in [5.74, 6) is 0.661. The molecule has 1 heterocycles. The highest BCUT2D eigenvalue weighted by Crippen LogP contribution is 2.32. The highest BCUT2D eigenvalue weighted by molar-refractivity contribution is 8.00. The van der Waals surface area contributed by atoms with Gasteiger partial charge in [-0.3, -0.25) is 14.4 Å². The zero-order valence-electron chi connectivity index (χ0n) is 25.9. The largest absolute Gasteiger partial charge is 0.494 e. The fourth-order valence-corrected chi connectivity index (χ4v) is 6.08. The number of para-hydroxylation sites is 1. The van der Waals surface area contributed by atoms with Crippen molar-refractivity contribution >= 4 is 67.9 Å². The second-order valence-corrected chi connectivity index (χ2v) is 11.9. The van der Waals surface area contributed by atoms with Gasteiger partial charge in [0.25, 0.3) is 11.8 Å². The summed E-state index contributed by atoms with van der Waals surface area (Å²) in [7, 11) is 3.02. The van der Waals surface area contributed by atoms with Crippen molar-refractivity contribution in [1.29, 1.82) is 0 Å². The molecule has 0 aliphatic heterocycles. The number of hydrogen-bond donors (Lipinski definition) is 3. The molecule has 5 aromatic rings. The molecule has 0 aliphatic carbocycles. The highest BCUT2D eigenvalue weighted by Gasteiger charge is 2.18. The molecule has 5 rings (SSSR count). The van der Waals surface area contributed by atoms with Crippen molar-refractivity contribution in [2.75, 3.05) is 37.2 Å². The number of anilines is 2. The predicted octanol–water partition coefficient (Wildman–Crippen LogP) is 6.85. The van der Waals surface area contributed by atoms with Crippen LogP contribution in [0.2, 0.25) is 0 Å². The molecule has 3 N–H and O–H groups in total. The average Bonchev–Trinajstić information content (AvgIpc) is 3.49. The topological polar surface area (TPSA) is 128 Å². The number of methoxy groups -OCH3 is 2. The van der Waals surface area contributed by atoms with Gasteiger partial charge in [-0.25, -0.2) is 4.98 Å². The van der Waals surface area contributed by atoms with Gasteiger partial charge < -0.3 is 30.2 Å². The van der Waals surface area contributed by atoms with E-state index in [1.807, 2.05) is 25.1 Å². The lowest BCUT2D eigenvalue weighted by molar-refractivity contribution is -0.114. The number of thioether (sulfide) groups is 1. The minimum absolute atomic E-state index is 0.00416. The molecular weight excluding hydrogens is 637 g/mol. The van der Waals surface area contributed by atoms with E-state index in [-0.39, 0.29) is 17.4 Å². The maximum absolute atomic E-state index is 13.5. The van der Waals surface area contributed by atoms with Gasteiger partial charge in [0.2, 0.25) is 5.91 Å². The van der Waals surface area contributed by atoms with Crippen molar-refractivity contribution in [3.8, 4) is 17.2 Å². The van der Waals surface area contributed by atoms with Crippen LogP contribution in [0.3, 0.4) is 0 Å². The Bertz CT molecular complexity index is 1910. The number of thiazole rings is 1. The van der Waals surface area contributed by atoms with E-state index >= 15 is 0 Å². The van der Waals surface area contributed by atoms with E-state index in [2.05, 4.69) is 20.9 Å². The van der Waals surface area contributed by atoms with Crippen molar-refractivity contribution in [2.45, 2.75) is 11.8 Å². The number of amides is 3. The Morgan fingerprint density at radius 2 is 1.68 bits per heavy atom. The molecule has 0 aliphatic rings. The molecule has 0 bridgehead atoms. The second-order valence-electron chi connectivity index (χ2n) is 9.86. The molecule has 240 valence electrons. The predicted molar refractivity (Wildman–Crippen MR) is 187 cm³/mol. The van der Waals surface area contributed by atoms with E-state index in [1.165, 1.54) is 43.4 Å². The summed E-state index contributed by atoms with van der Waals surface area (Å²) < 4.78 is 17.4. The molecule has 47 heavy (non-hydrogen) atoms. The maximum Gasteiger partial charge on any atom is 0.272 e. The van der Waals surface area contributed by atoms with Gasteiger partial charge in [-0.15, -0.1) is 11.8 Å². The van der Waals surface area contributed by atoms with Gasteiger partial charge in [0.05, 0.1) is 36.8 Å². The molecule has 0 saturated heterocycles. The molecule has 0 radical (unpaired) electrons. The van der Waals surface area contributed by atoms with Crippen LogP contribution in [0.25, 0.3) is 16.3 Å². The van der Waals surface area contributed by atoms with Crippen LogP contribution in [-0.2, 0) is 9.59 Å². The summed E-state index contributed by atoms with van der Waals surface area (Å²) in [6.07, 6.45) is 1.53. The van der Waals surface area contributed by atoms with Gasteiger partial charge in [-0.1, -0.05) is 41.7 Å². The average molecular weight is 669 g/mol. The third kappa shape index (κ3) is 8.69. The summed E-state index contributed by atoms with van der Waals surface area (Å²) in [6.45, 7) is 2.50. The molecule has 0 unspecified atom stereocenters. The van der Waals surface area contributed by atoms with Crippen molar-refractivity contribution in [2.24, 2.45) is 0 Å². The summed E-state index contributed by atoms with van der Waals surface area (Å²) in [4.78, 5) is 44.5. The number of carbonyl (C=O) groups excluding carboxylic acids is 3. The SMILES string of the molecule is CCOc1ccc2nc(NC(=O)CSc3ccc(NC(=O)/C(=C/c4cccc(OC)c4OC)NC(=O)c4ccccc4)cc3)sc2c1. The number of benzene rings is 4. The Hall–Kier alpha value is -5.33. The Labute approximate surface area is 280 Å². The molecule has 0 saturated carbocycles. The minimum atomic E-state index is -0.539. The summed E-state index contributed by atoms with van der Waals surface area (Å²) >= 11 is 2.74. The van der Waals surface area contributed by atoms with Gasteiger partial charge in [0.1, 0.15) is 11.4 Å². The van der Waals surface area contributed by atoms with Crippen molar-refractivity contribution in [3.05, 3.63) is 108 Å². The molecule has 12 heteroatoms. The van der Waals surface area contributed by atoms with Gasteiger partial charge >= 0.3 is 0 Å². The third-order valence-electron chi connectivity index (χ3n) is 6.66. The molecule has 0 spiro atoms. The van der Waals surface area contributed by atoms with Gasteiger partial charge in [0.15, 0.2) is 16.6 Å². The molecular formula is C35H32N4O6S2. The third-order valence-corrected chi connectivity index (χ3v) is 8.61. The highest BCUT2D eigenvalue weighted by atomic mass is 32.2. The first-order valence-corrected chi connectivity index (χ1v) is 16.3. The summed E-state index contributed by atoms with van der Waals surface area (Å²) in [6, 6.07) is 26.5. The zero-order chi connectivity index (χ0) is 33.2. The van der Waals surface area contributed by atoms with Crippen LogP contribution in [0.1, 0.15) is 22.8 Å². The van der Waals surface area contributed by atoms with Crippen LogP contribution >= 0.6 is 23.1 Å². The van der Waals surface area contributed by atoms with Crippen molar-refractivity contribution in [1.82, 2.24) is 10.3 Å². The molecule has 0 fully saturated rings. The van der Waals surface area contributed by atoms with Gasteiger partial charge in [-0.2, -0.15) is 0 Å². The van der Waals surface area contributed by atoms with Crippen LogP contribution in [0.5, 0.6) is 17.2 Å². The first-order chi connectivity index (χ1) is 22.9. The Morgan fingerprint density at radius 1 is 0.894 bits per heavy atom. The quantitative estimate of drug-likeness (QED) is 0.0918. The summed E-state index contributed by atoms with van der Waals surface area (Å²) in [5, 5.41) is 8.94. The van der Waals surface area contributed by atoms with Gasteiger partial charge in [-0.05, 0) is 73.7 Å². The molecule has 4 aromatic carbocycles. The monoisotopic (exact) mass is 668 g/mol. The van der Waals surface area contributed by atoms with E-state index in [4.69, 9.17) is 14.2 Å². The first kappa shape index (κ1) is 33.0. The Kier molecular flexibility index (Phi) is 11.1. The minimum Gasteiger partial charge on any atom is -0.494 e. The van der Waals surface area contributed by atoms with Crippen LogP contribution < -0.4 is 30.2 Å². The van der Waals surface area contributed by atoms with Crippen LogP contribution in [-0.4, -0.2) is 49.3 Å². The summed E-state index contributed by atoms with van der Waals surface area (Å²) in [5.41, 5.74) is 2.23. The standard InChI is InChI=1S/C35H32N4O6S2/c1-4-45-25-15-18-27-30(20-25)47-35(38-27)39-31(40)21-46-26-16-13-24(14-17-26)36-34(42)28(37-33(41)22-9-6-5-7-10-22)19-23-11-8-12-29(43-2)32(23)44-3/h5-20H,4,21H2,1-3H3,(H,36,42)(H,37,41)(H,38,39,40)/b28-19-. The molecule has 10 nitrogen and oxygen atoms in total. The maximum atomic E-state index is 13.5. The second kappa shape index (κ2) is 15.8. The van der Waals surface area contributed by atoms with Gasteiger partial charge in [0, 0.05) is 21.7 Å². The lowest BCUT2D eigenvalue weighted by Crippen LogP contribution is -2.30. The number of nitrogens with one attached hydrogen (secondary N) is 3. The lowest BCUT2D eigenvalue weighted by Gasteiger charge is -2.14. The zero-order valence-corrected chi connectivity index (χ0v) is 27.5. The number of ether oxygens (including phenoxy) is 3. The Morgan fingerprint density at radius 3 is 2.40 bits per heavy atom. The lowest BCUT2D eigenvalue weighted by atomic mass is 10.1. The van der Waals surface area contributed by atoms with Crippen LogP contribution in [0, 0.1) is 0 Å². The fraction of sp³-hybridized carbons (Fsp3) is 0.143. The number of nitrogens with zero attached hydrogens (tertiary/aromatic N) is 1. The van der Waals surface area contributed by atoms with E-state index in [9.17, 15) is 14.4 Å².